The molecule has 2 N–H and O–H groups in total. The summed E-state index contributed by atoms with van der Waals surface area (Å²) in [5.74, 6) is -1.17. The standard InChI is InChI=1S/C12H12ClFN2O2/c13-7-1-3-10(14)9(5-7)12(18)15-6-8-2-4-11(17)16-8/h1,3,5,8H,2,4,6H2,(H,15,18)(H,16,17). The first kappa shape index (κ1) is 12.8. The summed E-state index contributed by atoms with van der Waals surface area (Å²) in [4.78, 5) is 22.7. The van der Waals surface area contributed by atoms with Gasteiger partial charge in [-0.1, -0.05) is 11.6 Å². The number of hydrogen-bond donors (Lipinski definition) is 2. The SMILES string of the molecule is O=C1CCC(CNC(=O)c2cc(Cl)ccc2F)N1. The van der Waals surface area contributed by atoms with Crippen LogP contribution in [-0.4, -0.2) is 24.4 Å². The fourth-order valence-electron chi connectivity index (χ4n) is 1.81. The van der Waals surface area contributed by atoms with E-state index in [1.165, 1.54) is 12.1 Å². The molecule has 1 heterocycles. The summed E-state index contributed by atoms with van der Waals surface area (Å²) in [6, 6.07) is 3.72. The third-order valence-electron chi connectivity index (χ3n) is 2.77. The average molecular weight is 271 g/mol. The van der Waals surface area contributed by atoms with Gasteiger partial charge in [0.05, 0.1) is 5.56 Å². The minimum atomic E-state index is -0.618. The molecule has 96 valence electrons. The third-order valence-corrected chi connectivity index (χ3v) is 3.00. The molecule has 2 amide bonds. The van der Waals surface area contributed by atoms with Gasteiger partial charge in [0.2, 0.25) is 5.91 Å². The topological polar surface area (TPSA) is 58.2 Å². The maximum atomic E-state index is 13.4. The quantitative estimate of drug-likeness (QED) is 0.874. The number of carbonyl (C=O) groups is 2. The molecule has 6 heteroatoms. The Morgan fingerprint density at radius 3 is 3.00 bits per heavy atom. The second-order valence-corrected chi connectivity index (χ2v) is 4.57. The Bertz CT molecular complexity index is 493. The van der Waals surface area contributed by atoms with Crippen molar-refractivity contribution in [2.75, 3.05) is 6.54 Å². The molecule has 1 fully saturated rings. The second kappa shape index (κ2) is 5.35. The van der Waals surface area contributed by atoms with Crippen LogP contribution in [-0.2, 0) is 4.79 Å². The highest BCUT2D eigenvalue weighted by Crippen LogP contribution is 2.15. The van der Waals surface area contributed by atoms with Crippen LogP contribution in [0.3, 0.4) is 0 Å². The van der Waals surface area contributed by atoms with E-state index in [0.717, 1.165) is 6.07 Å². The van der Waals surface area contributed by atoms with Crippen molar-refractivity contribution in [1.82, 2.24) is 10.6 Å². The molecular formula is C12H12ClFN2O2. The van der Waals surface area contributed by atoms with Crippen LogP contribution in [0.25, 0.3) is 0 Å². The Hall–Kier alpha value is -1.62. The zero-order valence-electron chi connectivity index (χ0n) is 9.50. The van der Waals surface area contributed by atoms with Gasteiger partial charge in [0, 0.05) is 24.0 Å². The fraction of sp³-hybridized carbons (Fsp3) is 0.333. The van der Waals surface area contributed by atoms with Crippen LogP contribution >= 0.6 is 11.6 Å². The Morgan fingerprint density at radius 2 is 2.33 bits per heavy atom. The molecule has 1 aliphatic rings. The monoisotopic (exact) mass is 270 g/mol. The lowest BCUT2D eigenvalue weighted by atomic mass is 10.2. The largest absolute Gasteiger partial charge is 0.352 e. The van der Waals surface area contributed by atoms with Crippen LogP contribution in [0.1, 0.15) is 23.2 Å². The molecule has 1 atom stereocenters. The van der Waals surface area contributed by atoms with Gasteiger partial charge in [0.1, 0.15) is 5.82 Å². The summed E-state index contributed by atoms with van der Waals surface area (Å²) in [5.41, 5.74) is -0.0909. The lowest BCUT2D eigenvalue weighted by Crippen LogP contribution is -2.38. The predicted molar refractivity (Wildman–Crippen MR) is 64.9 cm³/mol. The summed E-state index contributed by atoms with van der Waals surface area (Å²) < 4.78 is 13.4. The summed E-state index contributed by atoms with van der Waals surface area (Å²) >= 11 is 5.70. The molecule has 18 heavy (non-hydrogen) atoms. The number of benzene rings is 1. The van der Waals surface area contributed by atoms with Crippen molar-refractivity contribution < 1.29 is 14.0 Å². The number of rotatable bonds is 3. The summed E-state index contributed by atoms with van der Waals surface area (Å²) in [5, 5.41) is 5.59. The van der Waals surface area contributed by atoms with Crippen LogP contribution in [0.15, 0.2) is 18.2 Å². The average Bonchev–Trinajstić information content (AvgIpc) is 2.75. The fourth-order valence-corrected chi connectivity index (χ4v) is 1.99. The Morgan fingerprint density at radius 1 is 1.56 bits per heavy atom. The van der Waals surface area contributed by atoms with Crippen LogP contribution in [0, 0.1) is 5.82 Å². The molecule has 1 saturated heterocycles. The van der Waals surface area contributed by atoms with Crippen LogP contribution in [0.4, 0.5) is 4.39 Å². The molecule has 1 aromatic rings. The predicted octanol–water partition coefficient (Wildman–Crippen LogP) is 1.49. The number of halogens is 2. The molecule has 4 nitrogen and oxygen atoms in total. The summed E-state index contributed by atoms with van der Waals surface area (Å²) in [6.45, 7) is 0.288. The van der Waals surface area contributed by atoms with Crippen molar-refractivity contribution in [3.63, 3.8) is 0 Å². The molecule has 1 unspecified atom stereocenters. The molecule has 0 bridgehead atoms. The molecule has 1 aromatic carbocycles. The van der Waals surface area contributed by atoms with Crippen LogP contribution in [0.2, 0.25) is 5.02 Å². The van der Waals surface area contributed by atoms with E-state index >= 15 is 0 Å². The number of carbonyl (C=O) groups excluding carboxylic acids is 2. The maximum Gasteiger partial charge on any atom is 0.254 e. The molecule has 0 aliphatic carbocycles. The Kier molecular flexibility index (Phi) is 3.81. The van der Waals surface area contributed by atoms with Gasteiger partial charge in [-0.05, 0) is 24.6 Å². The van der Waals surface area contributed by atoms with E-state index in [0.29, 0.717) is 17.9 Å². The smallest absolute Gasteiger partial charge is 0.254 e. The zero-order chi connectivity index (χ0) is 13.1. The lowest BCUT2D eigenvalue weighted by molar-refractivity contribution is -0.119. The van der Waals surface area contributed by atoms with Gasteiger partial charge in [-0.2, -0.15) is 0 Å². The highest BCUT2D eigenvalue weighted by atomic mass is 35.5. The third kappa shape index (κ3) is 2.98. The second-order valence-electron chi connectivity index (χ2n) is 4.14. The van der Waals surface area contributed by atoms with Gasteiger partial charge in [-0.3, -0.25) is 9.59 Å². The van der Waals surface area contributed by atoms with Crippen molar-refractivity contribution in [3.05, 3.63) is 34.6 Å². The van der Waals surface area contributed by atoms with Gasteiger partial charge in [-0.25, -0.2) is 4.39 Å². The van der Waals surface area contributed by atoms with E-state index in [1.54, 1.807) is 0 Å². The molecule has 0 aromatic heterocycles. The summed E-state index contributed by atoms with van der Waals surface area (Å²) in [7, 11) is 0. The highest BCUT2D eigenvalue weighted by Gasteiger charge is 2.21. The van der Waals surface area contributed by atoms with E-state index in [1.807, 2.05) is 0 Å². The van der Waals surface area contributed by atoms with Crippen LogP contribution < -0.4 is 10.6 Å². The lowest BCUT2D eigenvalue weighted by Gasteiger charge is -2.11. The molecule has 1 aliphatic heterocycles. The van der Waals surface area contributed by atoms with Crippen molar-refractivity contribution in [2.45, 2.75) is 18.9 Å². The molecular weight excluding hydrogens is 259 g/mol. The maximum absolute atomic E-state index is 13.4. The first-order valence-corrected chi connectivity index (χ1v) is 5.96. The number of amides is 2. The van der Waals surface area contributed by atoms with Gasteiger partial charge < -0.3 is 10.6 Å². The zero-order valence-corrected chi connectivity index (χ0v) is 10.3. The van der Waals surface area contributed by atoms with Gasteiger partial charge in [0.15, 0.2) is 0 Å². The van der Waals surface area contributed by atoms with Crippen molar-refractivity contribution in [1.29, 1.82) is 0 Å². The van der Waals surface area contributed by atoms with E-state index < -0.39 is 11.7 Å². The van der Waals surface area contributed by atoms with Gasteiger partial charge in [-0.15, -0.1) is 0 Å². The van der Waals surface area contributed by atoms with Crippen LogP contribution in [0.5, 0.6) is 0 Å². The van der Waals surface area contributed by atoms with E-state index in [9.17, 15) is 14.0 Å². The van der Waals surface area contributed by atoms with Gasteiger partial charge >= 0.3 is 0 Å². The molecule has 2 rings (SSSR count). The molecule has 0 radical (unpaired) electrons. The Labute approximate surface area is 109 Å². The summed E-state index contributed by atoms with van der Waals surface area (Å²) in [6.07, 6.45) is 1.14. The normalized spacial score (nSPS) is 18.6. The Balaban J connectivity index is 1.95. The molecule has 0 spiro atoms. The minimum Gasteiger partial charge on any atom is -0.352 e. The molecule has 0 saturated carbocycles. The highest BCUT2D eigenvalue weighted by molar-refractivity contribution is 6.31. The van der Waals surface area contributed by atoms with Crippen molar-refractivity contribution in [2.24, 2.45) is 0 Å². The van der Waals surface area contributed by atoms with E-state index in [2.05, 4.69) is 10.6 Å². The first-order valence-electron chi connectivity index (χ1n) is 5.59. The number of nitrogens with one attached hydrogen (secondary N) is 2. The van der Waals surface area contributed by atoms with Crippen molar-refractivity contribution >= 4 is 23.4 Å². The number of hydrogen-bond acceptors (Lipinski definition) is 2. The van der Waals surface area contributed by atoms with Crippen molar-refractivity contribution in [3.8, 4) is 0 Å². The van der Waals surface area contributed by atoms with Gasteiger partial charge in [0.25, 0.3) is 5.91 Å². The van der Waals surface area contributed by atoms with E-state index in [-0.39, 0.29) is 24.1 Å². The van der Waals surface area contributed by atoms with E-state index in [4.69, 9.17) is 11.6 Å². The minimum absolute atomic E-state index is 0.0248. The first-order chi connectivity index (χ1) is 8.56.